The number of ketones is 1. The molecule has 0 N–H and O–H groups in total. The lowest BCUT2D eigenvalue weighted by molar-refractivity contribution is -0.122. The Bertz CT molecular complexity index is 911. The lowest BCUT2D eigenvalue weighted by atomic mass is 9.70. The smallest absolute Gasteiger partial charge is 0.254 e. The highest BCUT2D eigenvalue weighted by Crippen LogP contribution is 2.36. The van der Waals surface area contributed by atoms with Crippen molar-refractivity contribution in [3.63, 3.8) is 0 Å². The summed E-state index contributed by atoms with van der Waals surface area (Å²) in [5.41, 5.74) is 1.07. The second-order valence-electron chi connectivity index (χ2n) is 13.5. The number of rotatable bonds is 21. The molecule has 1 aromatic rings. The minimum atomic E-state index is -0.260. The van der Waals surface area contributed by atoms with Crippen LogP contribution in [0.15, 0.2) is 27.5 Å². The van der Waals surface area contributed by atoms with E-state index >= 15 is 0 Å². The maximum absolute atomic E-state index is 13.5. The fourth-order valence-electron chi connectivity index (χ4n) is 4.48. The second kappa shape index (κ2) is 19.9. The third-order valence-corrected chi connectivity index (χ3v) is 9.26. The molecule has 1 unspecified atom stereocenters. The van der Waals surface area contributed by atoms with Crippen molar-refractivity contribution in [3.05, 3.63) is 12.2 Å². The molecule has 0 aliphatic rings. The fraction of sp³-hybridized carbons (Fsp3) is 0.794. The topological polar surface area (TPSA) is 68.1 Å². The van der Waals surface area contributed by atoms with E-state index in [1.165, 1.54) is 77.0 Å². The first-order valence-corrected chi connectivity index (χ1v) is 18.1. The van der Waals surface area contributed by atoms with E-state index in [4.69, 9.17) is 19.9 Å². The SMILES string of the molecule is C=C(C(=O)C(CC(C)=Nc1nc(SCCCCCCCC)nc(SCCCCCCCC)n1)C(C)(C)C)C(C)(C)C. The van der Waals surface area contributed by atoms with Crippen LogP contribution in [0.2, 0.25) is 0 Å². The van der Waals surface area contributed by atoms with E-state index in [0.717, 1.165) is 27.5 Å². The number of hydrogen-bond acceptors (Lipinski definition) is 7. The Morgan fingerprint density at radius 3 is 1.61 bits per heavy atom. The molecular formula is C34H60N4OS2. The predicted molar refractivity (Wildman–Crippen MR) is 182 cm³/mol. The molecule has 5 nitrogen and oxygen atoms in total. The Hall–Kier alpha value is -1.21. The maximum atomic E-state index is 13.5. The maximum Gasteiger partial charge on any atom is 0.254 e. The summed E-state index contributed by atoms with van der Waals surface area (Å²) in [6, 6.07) is 0. The van der Waals surface area contributed by atoms with Gasteiger partial charge >= 0.3 is 0 Å². The van der Waals surface area contributed by atoms with E-state index in [9.17, 15) is 4.79 Å². The van der Waals surface area contributed by atoms with Crippen molar-refractivity contribution in [3.8, 4) is 0 Å². The summed E-state index contributed by atoms with van der Waals surface area (Å²) in [7, 11) is 0. The van der Waals surface area contributed by atoms with Crippen LogP contribution in [0.5, 0.6) is 0 Å². The highest BCUT2D eigenvalue weighted by atomic mass is 32.2. The highest BCUT2D eigenvalue weighted by Gasteiger charge is 2.35. The van der Waals surface area contributed by atoms with Gasteiger partial charge in [0.2, 0.25) is 0 Å². The zero-order chi connectivity index (χ0) is 30.9. The summed E-state index contributed by atoms with van der Waals surface area (Å²) in [6.07, 6.45) is 15.9. The Kier molecular flexibility index (Phi) is 18.3. The van der Waals surface area contributed by atoms with Gasteiger partial charge in [0.05, 0.1) is 0 Å². The first-order valence-electron chi connectivity index (χ1n) is 16.1. The summed E-state index contributed by atoms with van der Waals surface area (Å²) in [6.45, 7) is 23.2. The standard InChI is InChI=1S/C34H60N4OS2/c1-11-13-15-17-19-21-23-40-31-36-30(37-32(38-31)41-24-22-20-18-16-14-12-2)35-26(3)25-28(34(8,9)10)29(39)27(4)33(5,6)7/h28H,4,11-25H2,1-3,5-10H3. The van der Waals surface area contributed by atoms with E-state index in [1.807, 2.05) is 27.7 Å². The average Bonchev–Trinajstić information content (AvgIpc) is 2.88. The van der Waals surface area contributed by atoms with Crippen molar-refractivity contribution >= 4 is 41.0 Å². The molecule has 0 bridgehead atoms. The highest BCUT2D eigenvalue weighted by molar-refractivity contribution is 7.99. The Morgan fingerprint density at radius 2 is 1.20 bits per heavy atom. The molecule has 0 saturated heterocycles. The van der Waals surface area contributed by atoms with E-state index in [2.05, 4.69) is 41.2 Å². The van der Waals surface area contributed by atoms with Gasteiger partial charge in [0.25, 0.3) is 5.95 Å². The molecule has 0 fully saturated rings. The summed E-state index contributed by atoms with van der Waals surface area (Å²) < 4.78 is 0. The number of aromatic nitrogens is 3. The van der Waals surface area contributed by atoms with Crippen LogP contribution in [0.1, 0.15) is 146 Å². The van der Waals surface area contributed by atoms with Gasteiger partial charge < -0.3 is 0 Å². The normalized spacial score (nSPS) is 13.4. The van der Waals surface area contributed by atoms with Crippen molar-refractivity contribution in [2.45, 2.75) is 156 Å². The molecule has 0 saturated carbocycles. The van der Waals surface area contributed by atoms with Gasteiger partial charge in [-0.1, -0.05) is 150 Å². The van der Waals surface area contributed by atoms with Crippen molar-refractivity contribution in [1.82, 2.24) is 15.0 Å². The van der Waals surface area contributed by atoms with Crippen LogP contribution in [0, 0.1) is 16.7 Å². The van der Waals surface area contributed by atoms with Gasteiger partial charge in [-0.3, -0.25) is 4.79 Å². The van der Waals surface area contributed by atoms with Crippen molar-refractivity contribution in [2.24, 2.45) is 21.7 Å². The van der Waals surface area contributed by atoms with E-state index in [1.54, 1.807) is 23.5 Å². The molecule has 234 valence electrons. The molecule has 0 aliphatic carbocycles. The minimum Gasteiger partial charge on any atom is -0.294 e. The average molecular weight is 605 g/mol. The number of hydrogen-bond donors (Lipinski definition) is 0. The lowest BCUT2D eigenvalue weighted by Gasteiger charge is -2.33. The second-order valence-corrected chi connectivity index (χ2v) is 15.6. The van der Waals surface area contributed by atoms with Gasteiger partial charge in [0, 0.05) is 23.1 Å². The summed E-state index contributed by atoms with van der Waals surface area (Å²) in [5, 5.41) is 1.52. The molecule has 1 heterocycles. The predicted octanol–water partition coefficient (Wildman–Crippen LogP) is 11.1. The van der Waals surface area contributed by atoms with Crippen molar-refractivity contribution < 1.29 is 4.79 Å². The molecule has 7 heteroatoms. The van der Waals surface area contributed by atoms with Gasteiger partial charge in [-0.05, 0) is 42.6 Å². The third kappa shape index (κ3) is 16.3. The number of carbonyl (C=O) groups is 1. The van der Waals surface area contributed by atoms with Gasteiger partial charge in [0.1, 0.15) is 0 Å². The van der Waals surface area contributed by atoms with E-state index in [-0.39, 0.29) is 22.5 Å². The molecular weight excluding hydrogens is 545 g/mol. The summed E-state index contributed by atoms with van der Waals surface area (Å²) >= 11 is 3.42. The first kappa shape index (κ1) is 37.8. The number of unbranched alkanes of at least 4 members (excludes halogenated alkanes) is 10. The molecule has 0 spiro atoms. The van der Waals surface area contributed by atoms with Crippen LogP contribution in [0.4, 0.5) is 5.95 Å². The quantitative estimate of drug-likeness (QED) is 0.0601. The van der Waals surface area contributed by atoms with Gasteiger partial charge in [0.15, 0.2) is 16.1 Å². The first-order chi connectivity index (χ1) is 19.3. The molecule has 0 radical (unpaired) electrons. The van der Waals surface area contributed by atoms with Crippen LogP contribution < -0.4 is 0 Å². The van der Waals surface area contributed by atoms with Crippen LogP contribution in [-0.2, 0) is 4.79 Å². The number of carbonyl (C=O) groups excluding carboxylic acids is 1. The zero-order valence-corrected chi connectivity index (χ0v) is 29.5. The molecule has 1 rings (SSSR count). The molecule has 0 aliphatic heterocycles. The Balaban J connectivity index is 3.03. The number of Topliss-reactive ketones (excluding diaryl/α,β-unsaturated/α-hetero) is 1. The number of allylic oxidation sites excluding steroid dienone is 1. The zero-order valence-electron chi connectivity index (χ0n) is 27.9. The number of aliphatic imine (C=N–C) groups is 1. The Labute approximate surface area is 261 Å². The molecule has 0 amide bonds. The summed E-state index contributed by atoms with van der Waals surface area (Å²) in [4.78, 5) is 32.6. The van der Waals surface area contributed by atoms with Crippen LogP contribution in [0.3, 0.4) is 0 Å². The van der Waals surface area contributed by atoms with E-state index in [0.29, 0.717) is 17.9 Å². The summed E-state index contributed by atoms with van der Waals surface area (Å²) in [5.74, 6) is 2.40. The van der Waals surface area contributed by atoms with Crippen LogP contribution >= 0.6 is 23.5 Å². The minimum absolute atomic E-state index is 0.126. The third-order valence-electron chi connectivity index (χ3n) is 7.40. The van der Waals surface area contributed by atoms with Gasteiger partial charge in [-0.25, -0.2) is 4.99 Å². The fourth-order valence-corrected chi connectivity index (χ4v) is 6.20. The molecule has 0 aromatic carbocycles. The van der Waals surface area contributed by atoms with E-state index < -0.39 is 0 Å². The Morgan fingerprint density at radius 1 is 0.756 bits per heavy atom. The van der Waals surface area contributed by atoms with Crippen molar-refractivity contribution in [2.75, 3.05) is 11.5 Å². The van der Waals surface area contributed by atoms with Gasteiger partial charge in [-0.2, -0.15) is 15.0 Å². The monoisotopic (exact) mass is 604 g/mol. The largest absolute Gasteiger partial charge is 0.294 e. The van der Waals surface area contributed by atoms with Gasteiger partial charge in [-0.15, -0.1) is 0 Å². The van der Waals surface area contributed by atoms with Crippen molar-refractivity contribution in [1.29, 1.82) is 0 Å². The molecule has 1 atom stereocenters. The molecule has 41 heavy (non-hydrogen) atoms. The molecule has 1 aromatic heterocycles. The number of nitrogens with zero attached hydrogens (tertiary/aromatic N) is 4. The van der Waals surface area contributed by atoms with Crippen LogP contribution in [-0.4, -0.2) is 38.0 Å². The lowest BCUT2D eigenvalue weighted by Crippen LogP contribution is -2.34. The van der Waals surface area contributed by atoms with Crippen LogP contribution in [0.25, 0.3) is 0 Å². The number of thioether (sulfide) groups is 2.